The molecule has 0 spiro atoms. The quantitative estimate of drug-likeness (QED) is 0.471. The van der Waals surface area contributed by atoms with E-state index in [2.05, 4.69) is 25.8 Å². The van der Waals surface area contributed by atoms with E-state index in [0.29, 0.717) is 28.1 Å². The molecule has 3 aromatic rings. The molecule has 0 unspecified atom stereocenters. The molecule has 0 aliphatic carbocycles. The van der Waals surface area contributed by atoms with Gasteiger partial charge < -0.3 is 15.4 Å². The number of rotatable bonds is 8. The second-order valence-electron chi connectivity index (χ2n) is 5.79. The Hall–Kier alpha value is -3.11. The van der Waals surface area contributed by atoms with Crippen molar-refractivity contribution in [3.63, 3.8) is 0 Å². The van der Waals surface area contributed by atoms with Crippen molar-refractivity contribution in [2.24, 2.45) is 0 Å². The molecule has 8 nitrogen and oxygen atoms in total. The zero-order chi connectivity index (χ0) is 20.6. The average molecular weight is 430 g/mol. The minimum absolute atomic E-state index is 0.124. The van der Waals surface area contributed by atoms with Crippen molar-refractivity contribution < 1.29 is 14.3 Å². The Labute approximate surface area is 175 Å². The average Bonchev–Trinajstić information content (AvgIpc) is 3.36. The normalized spacial score (nSPS) is 10.8. The minimum atomic E-state index is -0.242. The summed E-state index contributed by atoms with van der Waals surface area (Å²) in [6.07, 6.45) is 3.78. The van der Waals surface area contributed by atoms with Gasteiger partial charge in [-0.2, -0.15) is 0 Å². The molecular formula is C19H19N5O3S2. The maximum atomic E-state index is 12.3. The summed E-state index contributed by atoms with van der Waals surface area (Å²) in [4.78, 5) is 29.0. The summed E-state index contributed by atoms with van der Waals surface area (Å²) < 4.78 is 5.26. The first kappa shape index (κ1) is 20.6. The lowest BCUT2D eigenvalue weighted by molar-refractivity contribution is -0.114. The summed E-state index contributed by atoms with van der Waals surface area (Å²) in [6, 6.07) is 9.00. The fraction of sp³-hybridized carbons (Fsp3) is 0.158. The molecule has 0 radical (unpaired) electrons. The molecule has 10 heteroatoms. The van der Waals surface area contributed by atoms with Crippen molar-refractivity contribution >= 4 is 58.4 Å². The van der Waals surface area contributed by atoms with Crippen molar-refractivity contribution in [3.8, 4) is 5.75 Å². The van der Waals surface area contributed by atoms with E-state index in [1.807, 2.05) is 29.7 Å². The standard InChI is InChI=1S/C19H19N5O3S2/c1-12(25)20-13-5-7-16(27-2)15(10-13)21-18(26)11-29-19-22-17(23-24-19)8-6-14-4-3-9-28-14/h3-10H,11H2,1-2H3,(H,20,25)(H,21,26)(H,22,23,24). The van der Waals surface area contributed by atoms with Crippen molar-refractivity contribution in [1.29, 1.82) is 0 Å². The van der Waals surface area contributed by atoms with E-state index >= 15 is 0 Å². The van der Waals surface area contributed by atoms with Gasteiger partial charge in [0.2, 0.25) is 17.0 Å². The Morgan fingerprint density at radius 3 is 2.86 bits per heavy atom. The molecule has 0 atom stereocenters. The third-order valence-electron chi connectivity index (χ3n) is 3.56. The van der Waals surface area contributed by atoms with Crippen molar-refractivity contribution in [1.82, 2.24) is 15.2 Å². The van der Waals surface area contributed by atoms with Crippen LogP contribution in [0, 0.1) is 0 Å². The van der Waals surface area contributed by atoms with Crippen LogP contribution in [0.25, 0.3) is 12.2 Å². The van der Waals surface area contributed by atoms with Crippen LogP contribution in [0.3, 0.4) is 0 Å². The fourth-order valence-corrected chi connectivity index (χ4v) is 3.57. The zero-order valence-corrected chi connectivity index (χ0v) is 17.4. The molecule has 0 aliphatic heterocycles. The largest absolute Gasteiger partial charge is 0.495 e. The Morgan fingerprint density at radius 1 is 1.28 bits per heavy atom. The molecule has 0 saturated carbocycles. The van der Waals surface area contributed by atoms with Gasteiger partial charge in [0.1, 0.15) is 11.6 Å². The number of hydrogen-bond acceptors (Lipinski definition) is 7. The third-order valence-corrected chi connectivity index (χ3v) is 5.24. The number of benzene rings is 1. The van der Waals surface area contributed by atoms with Crippen LogP contribution in [0.2, 0.25) is 0 Å². The Balaban J connectivity index is 1.57. The fourth-order valence-electron chi connectivity index (χ4n) is 2.35. The van der Waals surface area contributed by atoms with Gasteiger partial charge in [0.05, 0.1) is 18.6 Å². The number of aromatic amines is 1. The first-order chi connectivity index (χ1) is 14.0. The molecule has 1 aromatic carbocycles. The minimum Gasteiger partial charge on any atom is -0.495 e. The van der Waals surface area contributed by atoms with Crippen molar-refractivity contribution in [3.05, 3.63) is 46.4 Å². The Bertz CT molecular complexity index is 1010. The van der Waals surface area contributed by atoms with Crippen LogP contribution in [-0.4, -0.2) is 39.9 Å². The number of H-pyrrole nitrogens is 1. The molecule has 0 fully saturated rings. The lowest BCUT2D eigenvalue weighted by atomic mass is 10.2. The van der Waals surface area contributed by atoms with Gasteiger partial charge in [-0.3, -0.25) is 14.7 Å². The highest BCUT2D eigenvalue weighted by atomic mass is 32.2. The number of carbonyl (C=O) groups is 2. The van der Waals surface area contributed by atoms with Gasteiger partial charge in [-0.15, -0.1) is 16.4 Å². The van der Waals surface area contributed by atoms with E-state index in [-0.39, 0.29) is 17.6 Å². The first-order valence-corrected chi connectivity index (χ1v) is 10.4. The number of aromatic nitrogens is 3. The van der Waals surface area contributed by atoms with Gasteiger partial charge in [-0.1, -0.05) is 17.8 Å². The van der Waals surface area contributed by atoms with Crippen LogP contribution < -0.4 is 15.4 Å². The number of hydrogen-bond donors (Lipinski definition) is 3. The van der Waals surface area contributed by atoms with Crippen LogP contribution in [0.4, 0.5) is 11.4 Å². The second-order valence-corrected chi connectivity index (χ2v) is 7.71. The predicted molar refractivity (Wildman–Crippen MR) is 116 cm³/mol. The van der Waals surface area contributed by atoms with Gasteiger partial charge in [0.25, 0.3) is 0 Å². The molecule has 0 bridgehead atoms. The number of amides is 2. The number of carbonyl (C=O) groups excluding carboxylic acids is 2. The number of nitrogens with zero attached hydrogens (tertiary/aromatic N) is 2. The topological polar surface area (TPSA) is 109 Å². The Kier molecular flexibility index (Phi) is 7.04. The van der Waals surface area contributed by atoms with Crippen molar-refractivity contribution in [2.45, 2.75) is 12.1 Å². The highest BCUT2D eigenvalue weighted by Gasteiger charge is 2.11. The number of thiophene rings is 1. The van der Waals surface area contributed by atoms with Gasteiger partial charge >= 0.3 is 0 Å². The maximum absolute atomic E-state index is 12.3. The van der Waals surface area contributed by atoms with E-state index in [1.165, 1.54) is 25.8 Å². The number of ether oxygens (including phenoxy) is 1. The molecule has 2 aromatic heterocycles. The van der Waals surface area contributed by atoms with Crippen LogP contribution in [-0.2, 0) is 9.59 Å². The monoisotopic (exact) mass is 429 g/mol. The van der Waals surface area contributed by atoms with E-state index in [9.17, 15) is 9.59 Å². The zero-order valence-electron chi connectivity index (χ0n) is 15.8. The SMILES string of the molecule is COc1ccc(NC(C)=O)cc1NC(=O)CSc1n[nH]c(C=Cc2cccs2)n1. The number of methoxy groups -OCH3 is 1. The summed E-state index contributed by atoms with van der Waals surface area (Å²) in [7, 11) is 1.51. The predicted octanol–water partition coefficient (Wildman–Crippen LogP) is 3.73. The molecule has 3 rings (SSSR count). The van der Waals surface area contributed by atoms with Gasteiger partial charge in [-0.25, -0.2) is 4.98 Å². The van der Waals surface area contributed by atoms with E-state index < -0.39 is 0 Å². The summed E-state index contributed by atoms with van der Waals surface area (Å²) in [6.45, 7) is 1.42. The van der Waals surface area contributed by atoms with Gasteiger partial charge in [-0.05, 0) is 41.8 Å². The third kappa shape index (κ3) is 6.19. The van der Waals surface area contributed by atoms with Crippen LogP contribution in [0.1, 0.15) is 17.6 Å². The smallest absolute Gasteiger partial charge is 0.234 e. The molecule has 0 aliphatic rings. The number of anilines is 2. The maximum Gasteiger partial charge on any atom is 0.234 e. The van der Waals surface area contributed by atoms with E-state index in [1.54, 1.807) is 29.5 Å². The highest BCUT2D eigenvalue weighted by molar-refractivity contribution is 7.99. The van der Waals surface area contributed by atoms with Gasteiger partial charge in [0, 0.05) is 17.5 Å². The van der Waals surface area contributed by atoms with Crippen LogP contribution in [0.5, 0.6) is 5.75 Å². The molecule has 2 heterocycles. The molecule has 2 amide bonds. The lowest BCUT2D eigenvalue weighted by Gasteiger charge is -2.12. The number of thioether (sulfide) groups is 1. The molecule has 150 valence electrons. The summed E-state index contributed by atoms with van der Waals surface area (Å²) in [5.41, 5.74) is 1.04. The lowest BCUT2D eigenvalue weighted by Crippen LogP contribution is -2.15. The molecule has 3 N–H and O–H groups in total. The van der Waals surface area contributed by atoms with E-state index in [4.69, 9.17) is 4.74 Å². The van der Waals surface area contributed by atoms with Crippen molar-refractivity contribution in [2.75, 3.05) is 23.5 Å². The summed E-state index contributed by atoms with van der Waals surface area (Å²) in [5, 5.41) is 14.9. The second kappa shape index (κ2) is 9.89. The van der Waals surface area contributed by atoms with E-state index in [0.717, 1.165) is 4.88 Å². The first-order valence-electron chi connectivity index (χ1n) is 8.56. The van der Waals surface area contributed by atoms with Gasteiger partial charge in [0.15, 0.2) is 0 Å². The van der Waals surface area contributed by atoms with Crippen LogP contribution in [0.15, 0.2) is 40.9 Å². The summed E-state index contributed by atoms with van der Waals surface area (Å²) >= 11 is 2.84. The highest BCUT2D eigenvalue weighted by Crippen LogP contribution is 2.28. The molecule has 29 heavy (non-hydrogen) atoms. The molecule has 0 saturated heterocycles. The summed E-state index contributed by atoms with van der Waals surface area (Å²) in [5.74, 6) is 0.798. The Morgan fingerprint density at radius 2 is 2.14 bits per heavy atom. The van der Waals surface area contributed by atoms with Crippen LogP contribution >= 0.6 is 23.1 Å². The number of nitrogens with one attached hydrogen (secondary N) is 3. The molecular weight excluding hydrogens is 410 g/mol.